The molecular formula is C17H30BrNO. The predicted molar refractivity (Wildman–Crippen MR) is 90.1 cm³/mol. The van der Waals surface area contributed by atoms with E-state index in [2.05, 4.69) is 60.8 Å². The second kappa shape index (κ2) is 8.21. The third kappa shape index (κ3) is 5.59. The van der Waals surface area contributed by atoms with Gasteiger partial charge in [-0.1, -0.05) is 56.1 Å². The summed E-state index contributed by atoms with van der Waals surface area (Å²) in [5.41, 5.74) is -0.0000141. The van der Waals surface area contributed by atoms with E-state index in [0.29, 0.717) is 11.7 Å². The largest absolute Gasteiger partial charge is 0.377 e. The average molecular weight is 344 g/mol. The predicted octanol–water partition coefficient (Wildman–Crippen LogP) is 4.64. The molecule has 1 aliphatic rings. The Bertz CT molecular complexity index is 336. The number of hydrogen-bond donors (Lipinski definition) is 0. The highest BCUT2D eigenvalue weighted by molar-refractivity contribution is 9.09. The molecule has 0 aromatic heterocycles. The van der Waals surface area contributed by atoms with Gasteiger partial charge in [0, 0.05) is 30.8 Å². The van der Waals surface area contributed by atoms with Gasteiger partial charge in [0.25, 0.3) is 0 Å². The maximum atomic E-state index is 12.5. The van der Waals surface area contributed by atoms with Crippen molar-refractivity contribution in [1.29, 1.82) is 0 Å². The van der Waals surface area contributed by atoms with Gasteiger partial charge in [0.2, 0.25) is 0 Å². The van der Waals surface area contributed by atoms with Crippen LogP contribution in [0.15, 0.2) is 12.3 Å². The monoisotopic (exact) mass is 343 g/mol. The van der Waals surface area contributed by atoms with Crippen molar-refractivity contribution in [2.24, 2.45) is 17.3 Å². The maximum absolute atomic E-state index is 12.5. The van der Waals surface area contributed by atoms with Crippen molar-refractivity contribution in [1.82, 2.24) is 4.90 Å². The highest BCUT2D eigenvalue weighted by atomic mass is 79.9. The Balaban J connectivity index is 2.57. The Morgan fingerprint density at radius 2 is 2.05 bits per heavy atom. The first-order chi connectivity index (χ1) is 9.36. The van der Waals surface area contributed by atoms with Gasteiger partial charge in [-0.05, 0) is 30.4 Å². The molecule has 1 aliphatic heterocycles. The Kier molecular flexibility index (Phi) is 7.28. The summed E-state index contributed by atoms with van der Waals surface area (Å²) in [4.78, 5) is 14.9. The van der Waals surface area contributed by atoms with Gasteiger partial charge in [-0.2, -0.15) is 0 Å². The third-order valence-electron chi connectivity index (χ3n) is 4.08. The smallest absolute Gasteiger partial charge is 0.138 e. The molecule has 1 rings (SSSR count). The fraction of sp³-hybridized carbons (Fsp3) is 0.824. The fourth-order valence-corrected chi connectivity index (χ4v) is 3.21. The summed E-state index contributed by atoms with van der Waals surface area (Å²) < 4.78 is 0. The van der Waals surface area contributed by atoms with Gasteiger partial charge < -0.3 is 4.90 Å². The topological polar surface area (TPSA) is 20.3 Å². The van der Waals surface area contributed by atoms with E-state index in [0.717, 1.165) is 37.7 Å². The lowest BCUT2D eigenvalue weighted by Gasteiger charge is -2.40. The van der Waals surface area contributed by atoms with Crippen LogP contribution < -0.4 is 0 Å². The van der Waals surface area contributed by atoms with Crippen LogP contribution in [-0.4, -0.2) is 29.1 Å². The summed E-state index contributed by atoms with van der Waals surface area (Å²) in [6.07, 6.45) is 8.50. The van der Waals surface area contributed by atoms with Crippen molar-refractivity contribution in [3.05, 3.63) is 12.3 Å². The zero-order valence-corrected chi connectivity index (χ0v) is 15.1. The molecular weight excluding hydrogens is 314 g/mol. The molecule has 3 heteroatoms. The molecule has 2 nitrogen and oxygen atoms in total. The second-order valence-corrected chi connectivity index (χ2v) is 7.80. The third-order valence-corrected chi connectivity index (χ3v) is 4.64. The van der Waals surface area contributed by atoms with Crippen LogP contribution in [0.5, 0.6) is 0 Å². The number of Topliss-reactive ketones (excluding diaryl/α,β-unsaturated/α-hetero) is 1. The average Bonchev–Trinajstić information content (AvgIpc) is 2.36. The van der Waals surface area contributed by atoms with E-state index < -0.39 is 0 Å². The van der Waals surface area contributed by atoms with Gasteiger partial charge in [-0.3, -0.25) is 4.79 Å². The number of ketones is 1. The molecule has 0 saturated carbocycles. The van der Waals surface area contributed by atoms with E-state index in [1.165, 1.54) is 6.42 Å². The van der Waals surface area contributed by atoms with E-state index >= 15 is 0 Å². The molecule has 1 heterocycles. The van der Waals surface area contributed by atoms with Crippen molar-refractivity contribution in [2.45, 2.75) is 53.4 Å². The van der Waals surface area contributed by atoms with E-state index in [9.17, 15) is 4.79 Å². The van der Waals surface area contributed by atoms with E-state index in [1.54, 1.807) is 0 Å². The van der Waals surface area contributed by atoms with Crippen LogP contribution in [-0.2, 0) is 4.79 Å². The van der Waals surface area contributed by atoms with Crippen LogP contribution >= 0.6 is 15.9 Å². The number of rotatable bonds is 8. The second-order valence-electron chi connectivity index (χ2n) is 7.00. The van der Waals surface area contributed by atoms with Crippen molar-refractivity contribution < 1.29 is 4.79 Å². The van der Waals surface area contributed by atoms with Crippen molar-refractivity contribution >= 4 is 21.7 Å². The molecule has 1 atom stereocenters. The van der Waals surface area contributed by atoms with Crippen LogP contribution in [0.1, 0.15) is 53.4 Å². The van der Waals surface area contributed by atoms with Gasteiger partial charge >= 0.3 is 0 Å². The minimum absolute atomic E-state index is 0.0000141. The highest BCUT2D eigenvalue weighted by Crippen LogP contribution is 2.35. The molecule has 1 unspecified atom stereocenters. The van der Waals surface area contributed by atoms with Crippen molar-refractivity contribution in [3.8, 4) is 0 Å². The fourth-order valence-electron chi connectivity index (χ4n) is 2.81. The minimum atomic E-state index is -0.0000141. The summed E-state index contributed by atoms with van der Waals surface area (Å²) in [5.74, 6) is 1.23. The number of allylic oxidation sites excluding steroid dienone is 1. The Hall–Kier alpha value is -0.310. The van der Waals surface area contributed by atoms with Gasteiger partial charge in [0.1, 0.15) is 5.78 Å². The minimum Gasteiger partial charge on any atom is -0.377 e. The van der Waals surface area contributed by atoms with Crippen LogP contribution in [0.3, 0.4) is 0 Å². The zero-order chi connectivity index (χ0) is 15.2. The quantitative estimate of drug-likeness (QED) is 0.472. The number of carbonyl (C=O) groups is 1. The Labute approximate surface area is 133 Å². The molecule has 0 aromatic carbocycles. The van der Waals surface area contributed by atoms with Crippen LogP contribution in [0.2, 0.25) is 0 Å². The first kappa shape index (κ1) is 17.7. The highest BCUT2D eigenvalue weighted by Gasteiger charge is 2.36. The number of hydrogen-bond acceptors (Lipinski definition) is 2. The van der Waals surface area contributed by atoms with Crippen LogP contribution in [0.4, 0.5) is 0 Å². The lowest BCUT2D eigenvalue weighted by molar-refractivity contribution is -0.126. The summed E-state index contributed by atoms with van der Waals surface area (Å²) in [6.45, 7) is 10.8. The number of halogens is 1. The molecule has 0 spiro atoms. The van der Waals surface area contributed by atoms with E-state index in [4.69, 9.17) is 0 Å². The molecule has 0 N–H and O–H groups in total. The van der Waals surface area contributed by atoms with Crippen LogP contribution in [0.25, 0.3) is 0 Å². The van der Waals surface area contributed by atoms with E-state index in [-0.39, 0.29) is 11.3 Å². The molecule has 0 radical (unpaired) electrons. The van der Waals surface area contributed by atoms with Gasteiger partial charge in [-0.15, -0.1) is 0 Å². The first-order valence-corrected chi connectivity index (χ1v) is 9.01. The standard InChI is InChI=1S/C17H30BrNO/c1-14(2)12-19-11-9-17(3,4)15(13-19)16(20)8-6-5-7-10-18/h9,11,14-15H,5-8,10,12-13H2,1-4H3. The van der Waals surface area contributed by atoms with Gasteiger partial charge in [0.05, 0.1) is 0 Å². The zero-order valence-electron chi connectivity index (χ0n) is 13.5. The summed E-state index contributed by atoms with van der Waals surface area (Å²) >= 11 is 3.44. The normalized spacial score (nSPS) is 21.5. The molecule has 20 heavy (non-hydrogen) atoms. The summed E-state index contributed by atoms with van der Waals surface area (Å²) in [7, 11) is 0. The molecule has 0 aromatic rings. The van der Waals surface area contributed by atoms with Crippen molar-refractivity contribution in [3.63, 3.8) is 0 Å². The molecule has 0 aliphatic carbocycles. The maximum Gasteiger partial charge on any atom is 0.138 e. The molecule has 0 bridgehead atoms. The van der Waals surface area contributed by atoms with E-state index in [1.807, 2.05) is 0 Å². The van der Waals surface area contributed by atoms with Crippen molar-refractivity contribution in [2.75, 3.05) is 18.4 Å². The molecule has 0 fully saturated rings. The summed E-state index contributed by atoms with van der Waals surface area (Å²) in [5, 5.41) is 1.04. The number of alkyl halides is 1. The summed E-state index contributed by atoms with van der Waals surface area (Å²) in [6, 6.07) is 0. The molecule has 0 amide bonds. The Morgan fingerprint density at radius 1 is 1.35 bits per heavy atom. The lowest BCUT2D eigenvalue weighted by Crippen LogP contribution is -2.43. The Morgan fingerprint density at radius 3 is 2.65 bits per heavy atom. The number of carbonyl (C=O) groups excluding carboxylic acids is 1. The van der Waals surface area contributed by atoms with Crippen LogP contribution in [0, 0.1) is 17.3 Å². The SMILES string of the molecule is CC(C)CN1C=CC(C)(C)C(C(=O)CCCCCBr)C1. The van der Waals surface area contributed by atoms with Gasteiger partial charge in [-0.25, -0.2) is 0 Å². The molecule has 0 saturated heterocycles. The number of nitrogens with zero attached hydrogens (tertiary/aromatic N) is 1. The van der Waals surface area contributed by atoms with Gasteiger partial charge in [0.15, 0.2) is 0 Å². The lowest BCUT2D eigenvalue weighted by atomic mass is 9.73. The number of unbranched alkanes of at least 4 members (excludes halogenated alkanes) is 2. The molecule has 116 valence electrons. The first-order valence-electron chi connectivity index (χ1n) is 7.89.